The first-order chi connectivity index (χ1) is 9.02. The van der Waals surface area contributed by atoms with E-state index in [4.69, 9.17) is 0 Å². The lowest BCUT2D eigenvalue weighted by molar-refractivity contribution is -0.107. The van der Waals surface area contributed by atoms with Crippen molar-refractivity contribution in [1.29, 1.82) is 0 Å². The Kier molecular flexibility index (Phi) is 4.15. The van der Waals surface area contributed by atoms with Gasteiger partial charge in [0.05, 0.1) is 4.83 Å². The van der Waals surface area contributed by atoms with Gasteiger partial charge in [-0.1, -0.05) is 46.3 Å². The van der Waals surface area contributed by atoms with E-state index in [1.807, 2.05) is 38.1 Å². The van der Waals surface area contributed by atoms with E-state index in [1.54, 1.807) is 6.07 Å². The molecule has 0 radical (unpaired) electrons. The first kappa shape index (κ1) is 13.9. The van der Waals surface area contributed by atoms with E-state index in [2.05, 4.69) is 15.9 Å². The van der Waals surface area contributed by atoms with Crippen molar-refractivity contribution in [2.75, 3.05) is 0 Å². The summed E-state index contributed by atoms with van der Waals surface area (Å²) in [7, 11) is 0. The molecule has 2 rings (SSSR count). The minimum atomic E-state index is -0.596. The van der Waals surface area contributed by atoms with E-state index in [0.29, 0.717) is 11.8 Å². The summed E-state index contributed by atoms with van der Waals surface area (Å²) in [5.74, 6) is -0.371. The number of halogens is 2. The minimum Gasteiger partial charge on any atom is -0.302 e. The number of rotatable bonds is 3. The number of alkyl halides is 1. The van der Waals surface area contributed by atoms with Gasteiger partial charge in [0.15, 0.2) is 0 Å². The summed E-state index contributed by atoms with van der Waals surface area (Å²) in [6.07, 6.45) is 0.675. The third kappa shape index (κ3) is 2.92. The Morgan fingerprint density at radius 2 is 1.68 bits per heavy atom. The van der Waals surface area contributed by atoms with Crippen molar-refractivity contribution in [1.82, 2.24) is 0 Å². The van der Waals surface area contributed by atoms with Gasteiger partial charge < -0.3 is 4.79 Å². The van der Waals surface area contributed by atoms with Crippen LogP contribution >= 0.6 is 15.9 Å². The standard InChI is InChI=1S/C16H14BrFO/c1-10-3-4-12(7-11(10)2)13-5-6-14(15(17)9-19)16(18)8-13/h3-9,15H,1-2H3. The van der Waals surface area contributed by atoms with Crippen molar-refractivity contribution in [2.45, 2.75) is 18.7 Å². The highest BCUT2D eigenvalue weighted by atomic mass is 79.9. The molecule has 1 nitrogen and oxygen atoms in total. The molecule has 3 heteroatoms. The predicted octanol–water partition coefficient (Wildman–Crippen LogP) is 4.74. The molecular formula is C16H14BrFO. The van der Waals surface area contributed by atoms with Crippen molar-refractivity contribution in [3.8, 4) is 11.1 Å². The third-order valence-corrected chi connectivity index (χ3v) is 3.97. The Hall–Kier alpha value is -1.48. The summed E-state index contributed by atoms with van der Waals surface area (Å²) >= 11 is 3.13. The molecule has 2 aromatic carbocycles. The normalized spacial score (nSPS) is 12.2. The fraction of sp³-hybridized carbons (Fsp3) is 0.188. The zero-order valence-electron chi connectivity index (χ0n) is 10.8. The van der Waals surface area contributed by atoms with Crippen LogP contribution in [0.25, 0.3) is 11.1 Å². The van der Waals surface area contributed by atoms with Crippen LogP contribution in [-0.4, -0.2) is 6.29 Å². The molecule has 0 amide bonds. The van der Waals surface area contributed by atoms with Gasteiger partial charge in [-0.3, -0.25) is 0 Å². The van der Waals surface area contributed by atoms with Crippen molar-refractivity contribution in [3.63, 3.8) is 0 Å². The molecular weight excluding hydrogens is 307 g/mol. The van der Waals surface area contributed by atoms with Gasteiger partial charge in [-0.2, -0.15) is 0 Å². The molecule has 0 aliphatic heterocycles. The first-order valence-corrected chi connectivity index (χ1v) is 6.91. The second kappa shape index (κ2) is 5.66. The number of aryl methyl sites for hydroxylation is 2. The summed E-state index contributed by atoms with van der Waals surface area (Å²) in [6.45, 7) is 4.08. The van der Waals surface area contributed by atoms with Gasteiger partial charge in [0.25, 0.3) is 0 Å². The second-order valence-corrected chi connectivity index (χ2v) is 5.56. The van der Waals surface area contributed by atoms with E-state index in [0.717, 1.165) is 11.1 Å². The fourth-order valence-corrected chi connectivity index (χ4v) is 2.30. The van der Waals surface area contributed by atoms with E-state index in [-0.39, 0.29) is 5.82 Å². The Balaban J connectivity index is 2.44. The lowest BCUT2D eigenvalue weighted by atomic mass is 9.99. The number of carbonyl (C=O) groups is 1. The molecule has 0 saturated carbocycles. The van der Waals surface area contributed by atoms with Gasteiger partial charge in [-0.05, 0) is 42.2 Å². The summed E-state index contributed by atoms with van der Waals surface area (Å²) < 4.78 is 14.0. The van der Waals surface area contributed by atoms with Crippen LogP contribution in [0.1, 0.15) is 21.5 Å². The van der Waals surface area contributed by atoms with Gasteiger partial charge in [0.1, 0.15) is 12.1 Å². The minimum absolute atomic E-state index is 0.364. The maximum absolute atomic E-state index is 14.0. The monoisotopic (exact) mass is 320 g/mol. The average Bonchev–Trinajstić information content (AvgIpc) is 2.41. The predicted molar refractivity (Wildman–Crippen MR) is 79.0 cm³/mol. The first-order valence-electron chi connectivity index (χ1n) is 5.99. The fourth-order valence-electron chi connectivity index (χ4n) is 1.92. The summed E-state index contributed by atoms with van der Waals surface area (Å²) in [4.78, 5) is 10.1. The number of benzene rings is 2. The number of aldehydes is 1. The van der Waals surface area contributed by atoms with Crippen LogP contribution in [0.3, 0.4) is 0 Å². The Morgan fingerprint density at radius 3 is 2.26 bits per heavy atom. The highest BCUT2D eigenvalue weighted by Crippen LogP contribution is 2.28. The van der Waals surface area contributed by atoms with E-state index >= 15 is 0 Å². The Labute approximate surface area is 120 Å². The Bertz CT molecular complexity index is 622. The van der Waals surface area contributed by atoms with Gasteiger partial charge >= 0.3 is 0 Å². The largest absolute Gasteiger partial charge is 0.302 e. The van der Waals surface area contributed by atoms with Crippen LogP contribution in [0.2, 0.25) is 0 Å². The average molecular weight is 321 g/mol. The second-order valence-electron chi connectivity index (χ2n) is 4.57. The summed E-state index contributed by atoms with van der Waals surface area (Å²) in [5, 5.41) is 0. The molecule has 2 aromatic rings. The van der Waals surface area contributed by atoms with Crippen molar-refractivity contribution >= 4 is 22.2 Å². The molecule has 98 valence electrons. The molecule has 0 N–H and O–H groups in total. The molecule has 19 heavy (non-hydrogen) atoms. The number of carbonyl (C=O) groups excluding carboxylic acids is 1. The maximum Gasteiger partial charge on any atom is 0.138 e. The quantitative estimate of drug-likeness (QED) is 0.589. The molecule has 0 bridgehead atoms. The van der Waals surface area contributed by atoms with Crippen molar-refractivity contribution < 1.29 is 9.18 Å². The number of hydrogen-bond acceptors (Lipinski definition) is 1. The smallest absolute Gasteiger partial charge is 0.138 e. The van der Waals surface area contributed by atoms with Gasteiger partial charge in [0.2, 0.25) is 0 Å². The zero-order chi connectivity index (χ0) is 14.0. The van der Waals surface area contributed by atoms with Crippen LogP contribution in [0.4, 0.5) is 4.39 Å². The number of hydrogen-bond donors (Lipinski definition) is 0. The van der Waals surface area contributed by atoms with Crippen molar-refractivity contribution in [3.05, 3.63) is 58.9 Å². The molecule has 1 unspecified atom stereocenters. The molecule has 0 heterocycles. The molecule has 0 aliphatic carbocycles. The molecule has 0 spiro atoms. The van der Waals surface area contributed by atoms with E-state index < -0.39 is 4.83 Å². The van der Waals surface area contributed by atoms with Crippen LogP contribution in [0.15, 0.2) is 36.4 Å². The summed E-state index contributed by atoms with van der Waals surface area (Å²) in [6, 6.07) is 11.0. The van der Waals surface area contributed by atoms with Gasteiger partial charge in [0, 0.05) is 5.56 Å². The molecule has 0 aliphatic rings. The van der Waals surface area contributed by atoms with Crippen LogP contribution < -0.4 is 0 Å². The summed E-state index contributed by atoms with van der Waals surface area (Å²) in [5.41, 5.74) is 4.54. The van der Waals surface area contributed by atoms with Crippen molar-refractivity contribution in [2.24, 2.45) is 0 Å². The van der Waals surface area contributed by atoms with E-state index in [9.17, 15) is 9.18 Å². The van der Waals surface area contributed by atoms with Gasteiger partial charge in [-0.25, -0.2) is 4.39 Å². The molecule has 1 atom stereocenters. The molecule has 0 aromatic heterocycles. The van der Waals surface area contributed by atoms with Crippen LogP contribution in [0.5, 0.6) is 0 Å². The molecule has 0 saturated heterocycles. The van der Waals surface area contributed by atoms with Crippen LogP contribution in [0, 0.1) is 19.7 Å². The zero-order valence-corrected chi connectivity index (χ0v) is 12.4. The lowest BCUT2D eigenvalue weighted by Gasteiger charge is -2.09. The SMILES string of the molecule is Cc1ccc(-c2ccc(C(Br)C=O)c(F)c2)cc1C. The van der Waals surface area contributed by atoms with E-state index in [1.165, 1.54) is 17.2 Å². The highest BCUT2D eigenvalue weighted by molar-refractivity contribution is 9.09. The van der Waals surface area contributed by atoms with Gasteiger partial charge in [-0.15, -0.1) is 0 Å². The maximum atomic E-state index is 14.0. The van der Waals surface area contributed by atoms with Crippen LogP contribution in [-0.2, 0) is 4.79 Å². The third-order valence-electron chi connectivity index (χ3n) is 3.26. The highest BCUT2D eigenvalue weighted by Gasteiger charge is 2.12. The lowest BCUT2D eigenvalue weighted by Crippen LogP contribution is -1.96. The topological polar surface area (TPSA) is 17.1 Å². The Morgan fingerprint density at radius 1 is 1.05 bits per heavy atom. The molecule has 0 fully saturated rings.